The predicted molar refractivity (Wildman–Crippen MR) is 84.7 cm³/mol. The number of allylic oxidation sites excluding steroid dienone is 1. The van der Waals surface area contributed by atoms with E-state index in [1.54, 1.807) is 12.3 Å². The van der Waals surface area contributed by atoms with Crippen molar-refractivity contribution in [1.29, 1.82) is 0 Å². The lowest BCUT2D eigenvalue weighted by molar-refractivity contribution is 0.0638. The number of aromatic nitrogens is 1. The summed E-state index contributed by atoms with van der Waals surface area (Å²) >= 11 is 0. The smallest absolute Gasteiger partial charge is 0.274 e. The molecule has 0 aromatic carbocycles. The topological polar surface area (TPSA) is 36.4 Å². The van der Waals surface area contributed by atoms with Crippen LogP contribution in [0.2, 0.25) is 0 Å². The molecule has 0 aliphatic carbocycles. The Balaban J connectivity index is 2.42. The Morgan fingerprint density at radius 2 is 1.95 bits per heavy atom. The summed E-state index contributed by atoms with van der Waals surface area (Å²) in [5.41, 5.74) is 2.67. The minimum atomic E-state index is -0.322. The molecule has 0 saturated carbocycles. The molecule has 1 aromatic rings. The summed E-state index contributed by atoms with van der Waals surface area (Å²) in [6.07, 6.45) is 1.67. The van der Waals surface area contributed by atoms with Crippen molar-refractivity contribution in [3.63, 3.8) is 0 Å². The van der Waals surface area contributed by atoms with Crippen LogP contribution in [-0.2, 0) is 0 Å². The third kappa shape index (κ3) is 2.67. The molecule has 4 nitrogen and oxygen atoms in total. The molecule has 1 aromatic heterocycles. The fraction of sp³-hybridized carbons (Fsp3) is 0.529. The van der Waals surface area contributed by atoms with Gasteiger partial charge in [0.05, 0.1) is 12.2 Å². The first-order valence-electron chi connectivity index (χ1n) is 7.44. The van der Waals surface area contributed by atoms with Crippen LogP contribution in [0.1, 0.15) is 52.0 Å². The maximum absolute atomic E-state index is 12.8. The molecule has 2 heterocycles. The molecule has 4 heteroatoms. The van der Waals surface area contributed by atoms with Gasteiger partial charge in [0.2, 0.25) is 0 Å². The molecule has 114 valence electrons. The van der Waals surface area contributed by atoms with E-state index in [0.717, 1.165) is 0 Å². The summed E-state index contributed by atoms with van der Waals surface area (Å²) in [5.74, 6) is -0.0116. The van der Waals surface area contributed by atoms with Crippen molar-refractivity contribution in [2.24, 2.45) is 0 Å². The van der Waals surface area contributed by atoms with Crippen molar-refractivity contribution in [2.45, 2.75) is 53.1 Å². The van der Waals surface area contributed by atoms with E-state index in [2.05, 4.69) is 51.4 Å². The zero-order chi connectivity index (χ0) is 15.8. The van der Waals surface area contributed by atoms with Gasteiger partial charge in [0.15, 0.2) is 0 Å². The highest BCUT2D eigenvalue weighted by Crippen LogP contribution is 2.38. The second kappa shape index (κ2) is 5.51. The lowest BCUT2D eigenvalue weighted by atomic mass is 9.95. The Kier molecular flexibility index (Phi) is 4.08. The van der Waals surface area contributed by atoms with E-state index >= 15 is 0 Å². The van der Waals surface area contributed by atoms with Crippen molar-refractivity contribution in [1.82, 2.24) is 14.8 Å². The Labute approximate surface area is 127 Å². The standard InChI is InChI=1S/C17H25N3O/c1-12(2)15-17(5,6)20(11-19(15)13(3)4)16(21)14-9-7-8-10-18-14/h7-10,13H,11H2,1-6H3. The van der Waals surface area contributed by atoms with Crippen molar-refractivity contribution in [3.05, 3.63) is 41.4 Å². The third-order valence-corrected chi connectivity index (χ3v) is 4.06. The summed E-state index contributed by atoms with van der Waals surface area (Å²) in [6.45, 7) is 13.4. The fourth-order valence-corrected chi connectivity index (χ4v) is 3.15. The molecule has 2 rings (SSSR count). The predicted octanol–water partition coefficient (Wildman–Crippen LogP) is 3.28. The molecule has 1 amide bonds. The summed E-state index contributed by atoms with van der Waals surface area (Å²) in [7, 11) is 0. The molecule has 1 saturated heterocycles. The minimum absolute atomic E-state index is 0.0116. The number of carbonyl (C=O) groups is 1. The number of hydrogen-bond acceptors (Lipinski definition) is 3. The quantitative estimate of drug-likeness (QED) is 0.837. The molecule has 1 aliphatic rings. The Hall–Kier alpha value is -1.84. The first kappa shape index (κ1) is 15.5. The van der Waals surface area contributed by atoms with E-state index < -0.39 is 0 Å². The van der Waals surface area contributed by atoms with Gasteiger partial charge in [-0.05, 0) is 53.7 Å². The monoisotopic (exact) mass is 287 g/mol. The number of nitrogens with zero attached hydrogens (tertiary/aromatic N) is 3. The molecular formula is C17H25N3O. The van der Waals surface area contributed by atoms with Gasteiger partial charge in [-0.3, -0.25) is 9.78 Å². The Morgan fingerprint density at radius 3 is 2.38 bits per heavy atom. The minimum Gasteiger partial charge on any atom is -0.353 e. The number of carbonyl (C=O) groups excluding carboxylic acids is 1. The van der Waals surface area contributed by atoms with Gasteiger partial charge in [-0.25, -0.2) is 0 Å². The van der Waals surface area contributed by atoms with E-state index in [-0.39, 0.29) is 11.4 Å². The average molecular weight is 287 g/mol. The molecule has 0 atom stereocenters. The van der Waals surface area contributed by atoms with E-state index in [0.29, 0.717) is 18.4 Å². The maximum atomic E-state index is 12.8. The number of rotatable bonds is 2. The summed E-state index contributed by atoms with van der Waals surface area (Å²) < 4.78 is 0. The highest BCUT2D eigenvalue weighted by atomic mass is 16.2. The first-order valence-corrected chi connectivity index (χ1v) is 7.44. The van der Waals surface area contributed by atoms with Crippen LogP contribution in [0.3, 0.4) is 0 Å². The van der Waals surface area contributed by atoms with Gasteiger partial charge in [0.25, 0.3) is 5.91 Å². The first-order chi connectivity index (χ1) is 9.76. The van der Waals surface area contributed by atoms with Gasteiger partial charge in [-0.2, -0.15) is 0 Å². The molecule has 1 fully saturated rings. The number of pyridine rings is 1. The van der Waals surface area contributed by atoms with Gasteiger partial charge in [0, 0.05) is 17.9 Å². The van der Waals surface area contributed by atoms with Crippen LogP contribution < -0.4 is 0 Å². The normalized spacial score (nSPS) is 17.6. The lowest BCUT2D eigenvalue weighted by Crippen LogP contribution is -2.44. The second-order valence-corrected chi connectivity index (χ2v) is 6.56. The van der Waals surface area contributed by atoms with Crippen LogP contribution in [0, 0.1) is 0 Å². The zero-order valence-electron chi connectivity index (χ0n) is 13.8. The van der Waals surface area contributed by atoms with Crippen molar-refractivity contribution >= 4 is 5.91 Å². The molecule has 0 bridgehead atoms. The van der Waals surface area contributed by atoms with E-state index in [1.165, 1.54) is 11.3 Å². The van der Waals surface area contributed by atoms with Crippen molar-refractivity contribution in [2.75, 3.05) is 6.67 Å². The third-order valence-electron chi connectivity index (χ3n) is 4.06. The van der Waals surface area contributed by atoms with Gasteiger partial charge >= 0.3 is 0 Å². The highest BCUT2D eigenvalue weighted by molar-refractivity contribution is 5.93. The molecular weight excluding hydrogens is 262 g/mol. The van der Waals surface area contributed by atoms with Crippen LogP contribution >= 0.6 is 0 Å². The summed E-state index contributed by atoms with van der Waals surface area (Å²) in [6, 6.07) is 5.81. The van der Waals surface area contributed by atoms with Crippen molar-refractivity contribution < 1.29 is 4.79 Å². The SMILES string of the molecule is CC(C)=C1N(C(C)C)CN(C(=O)c2ccccn2)C1(C)C. The molecule has 0 N–H and O–H groups in total. The summed E-state index contributed by atoms with van der Waals surface area (Å²) in [4.78, 5) is 21.2. The molecule has 0 unspecified atom stereocenters. The van der Waals surface area contributed by atoms with Crippen LogP contribution in [0.25, 0.3) is 0 Å². The van der Waals surface area contributed by atoms with E-state index in [4.69, 9.17) is 0 Å². The molecule has 1 aliphatic heterocycles. The van der Waals surface area contributed by atoms with Gasteiger partial charge < -0.3 is 9.80 Å². The summed E-state index contributed by atoms with van der Waals surface area (Å²) in [5, 5.41) is 0. The molecule has 0 radical (unpaired) electrons. The number of amides is 1. The van der Waals surface area contributed by atoms with Crippen LogP contribution in [0.15, 0.2) is 35.7 Å². The fourth-order valence-electron chi connectivity index (χ4n) is 3.15. The maximum Gasteiger partial charge on any atom is 0.274 e. The zero-order valence-corrected chi connectivity index (χ0v) is 13.8. The second-order valence-electron chi connectivity index (χ2n) is 6.56. The molecule has 21 heavy (non-hydrogen) atoms. The van der Waals surface area contributed by atoms with Gasteiger partial charge in [-0.1, -0.05) is 11.6 Å². The highest BCUT2D eigenvalue weighted by Gasteiger charge is 2.45. The lowest BCUT2D eigenvalue weighted by Gasteiger charge is -2.32. The average Bonchev–Trinajstić information content (AvgIpc) is 2.70. The Morgan fingerprint density at radius 1 is 1.29 bits per heavy atom. The number of hydrogen-bond donors (Lipinski definition) is 0. The van der Waals surface area contributed by atoms with Crippen LogP contribution in [-0.4, -0.2) is 38.9 Å². The molecule has 0 spiro atoms. The van der Waals surface area contributed by atoms with E-state index in [1.807, 2.05) is 17.0 Å². The van der Waals surface area contributed by atoms with Crippen molar-refractivity contribution in [3.8, 4) is 0 Å². The van der Waals surface area contributed by atoms with E-state index in [9.17, 15) is 4.79 Å². The largest absolute Gasteiger partial charge is 0.353 e. The Bertz CT molecular complexity index is 557. The van der Waals surface area contributed by atoms with Crippen LogP contribution in [0.5, 0.6) is 0 Å². The van der Waals surface area contributed by atoms with Gasteiger partial charge in [0.1, 0.15) is 5.69 Å². The van der Waals surface area contributed by atoms with Crippen LogP contribution in [0.4, 0.5) is 0 Å². The van der Waals surface area contributed by atoms with Gasteiger partial charge in [-0.15, -0.1) is 0 Å².